The van der Waals surface area contributed by atoms with E-state index >= 15 is 0 Å². The van der Waals surface area contributed by atoms with Crippen LogP contribution >= 0.6 is 0 Å². The van der Waals surface area contributed by atoms with Crippen LogP contribution < -0.4 is 0 Å². The molecular weight excluding hydrogens is 1510 g/mol. The Bertz CT molecular complexity index is 616. The molecule has 852 valence electrons. The molecular formula is C117H354B10. The first-order valence-electron chi connectivity index (χ1n) is 33.0. The van der Waals surface area contributed by atoms with Gasteiger partial charge in [-0.2, -0.15) is 0 Å². The van der Waals surface area contributed by atoms with Crippen LogP contribution in [0.2, 0.25) is 0 Å². The van der Waals surface area contributed by atoms with Crippen molar-refractivity contribution in [1.82, 2.24) is 0 Å². The number of hydrogen-bond donors (Lipinski definition) is 0. The van der Waals surface area contributed by atoms with Gasteiger partial charge in [-0.05, 0) is 63.2 Å². The molecule has 0 atom stereocenters. The SMILES string of the molecule is C.C.C.C.C.C.C.C.C.C.C.C.C.C.C.C.C.C.C.C.C.C.C.C.C.C.C.C.C.C.C.C.C.C.C.C.C.C.C.C.C.C.C.C.C.C#C.C#CC.C#CC#CC.C#CC#CC#C.CC.CC.CC.CC.CC.CC.CC.CC.CC.CC.CC.CC.CC.CC.CC.CC.CC.CC.CC.CC.CC.CC.CC.CC.CC.CC.CC#CC.[B].[B]B([B])[B].[B][B].[B][B][B]. The number of hydrogen-bond acceptors (Lipinski definition) is 0. The highest BCUT2D eigenvalue weighted by Gasteiger charge is 1.73. The summed E-state index contributed by atoms with van der Waals surface area (Å²) in [5, 5.41) is 0. The summed E-state index contributed by atoms with van der Waals surface area (Å²) >= 11 is 0. The molecule has 0 spiro atoms. The van der Waals surface area contributed by atoms with Crippen LogP contribution in [0.25, 0.3) is 0 Å². The lowest BCUT2D eigenvalue weighted by molar-refractivity contribution is 1.50. The Hall–Kier alpha value is -2.87. The van der Waals surface area contributed by atoms with Crippen molar-refractivity contribution in [3.8, 4) is 97.7 Å². The summed E-state index contributed by atoms with van der Waals surface area (Å²) in [7, 11) is 32.0. The van der Waals surface area contributed by atoms with E-state index < -0.39 is 6.39 Å². The first-order chi connectivity index (χ1) is 39.8. The highest BCUT2D eigenvalue weighted by atomic mass is 13.4. The molecule has 0 nitrogen and oxygen atoms in total. The summed E-state index contributed by atoms with van der Waals surface area (Å²) in [4.78, 5) is 0. The maximum absolute atomic E-state index is 4.72. The molecule has 0 heterocycles. The van der Waals surface area contributed by atoms with Crippen LogP contribution in [0.4, 0.5) is 0 Å². The summed E-state index contributed by atoms with van der Waals surface area (Å²) in [5.74, 6) is 23.3. The van der Waals surface area contributed by atoms with E-state index in [9.17, 15) is 0 Å². The van der Waals surface area contributed by atoms with Gasteiger partial charge in [0.25, 0.3) is 0 Å². The zero-order valence-corrected chi connectivity index (χ0v) is 70.2. The van der Waals surface area contributed by atoms with Crippen LogP contribution in [-0.2, 0) is 0 Å². The molecule has 0 aromatic rings. The third-order valence-electron chi connectivity index (χ3n) is 0.654. The van der Waals surface area contributed by atoms with Gasteiger partial charge in [-0.15, -0.1) is 56.3 Å². The van der Waals surface area contributed by atoms with Crippen molar-refractivity contribution in [3.63, 3.8) is 0 Å². The molecule has 10 heteroatoms. The minimum absolute atomic E-state index is 0. The molecule has 0 bridgehead atoms. The zero-order valence-electron chi connectivity index (χ0n) is 70.2. The van der Waals surface area contributed by atoms with Gasteiger partial charge in [0.1, 0.15) is 0 Å². The summed E-state index contributed by atoms with van der Waals surface area (Å²) in [6, 6.07) is 0. The van der Waals surface area contributed by atoms with Crippen LogP contribution in [0.3, 0.4) is 0 Å². The molecule has 0 aromatic heterocycles. The fourth-order valence-electron chi connectivity index (χ4n) is 0.144. The van der Waals surface area contributed by atoms with Crippen molar-refractivity contribution >= 4 is 76.0 Å². The summed E-state index contributed by atoms with van der Waals surface area (Å²) in [6.45, 7) is 111. The van der Waals surface area contributed by atoms with Crippen molar-refractivity contribution < 1.29 is 0 Å². The Labute approximate surface area is 890 Å². The first-order valence-corrected chi connectivity index (χ1v) is 33.0. The highest BCUT2D eigenvalue weighted by Crippen LogP contribution is 1.43. The molecule has 0 saturated carbocycles. The number of terminal acetylenes is 5. The third-order valence-corrected chi connectivity index (χ3v) is 0.654. The molecule has 0 rings (SSSR count). The van der Waals surface area contributed by atoms with E-state index in [4.69, 9.17) is 19.3 Å². The van der Waals surface area contributed by atoms with Crippen molar-refractivity contribution in [2.45, 2.75) is 722 Å². The largest absolute Gasteiger partial charge is 0.124 e. The monoisotopic (exact) mass is 1870 g/mol. The Morgan fingerprint density at radius 2 is 0.205 bits per heavy atom. The van der Waals surface area contributed by atoms with E-state index in [0.29, 0.717) is 0 Å². The standard InChI is InChI=1S/C6H2.C5H4.C4H6.C3H4.26C2H6.C2H2.45CH4.B4.B3.B2.B/c1-3-5-6-4-2;1-3-5-4-2;1-3-4-2;1-3-2;27*1-2;;;;;;;;;;;;;;;;;;;;;;;;;;;;;;;;;;;;;;;;;;;;;;1-4(2)3;1-3-2;1-2;/h1-2H;1H,2H3;1-2H3;1H,2H3;26*1-2H3;1-2H;45*1H4;;;;. The second-order valence-electron chi connectivity index (χ2n) is 2.62. The predicted molar refractivity (Wildman–Crippen MR) is 747 cm³/mol. The normalized spacial score (nSPS) is 2.00. The lowest BCUT2D eigenvalue weighted by Gasteiger charge is -1.73. The molecule has 127 heavy (non-hydrogen) atoms. The Morgan fingerprint density at radius 1 is 0.165 bits per heavy atom. The molecule has 0 N–H and O–H groups in total. The maximum atomic E-state index is 4.72. The van der Waals surface area contributed by atoms with E-state index in [1.807, 2.05) is 374 Å². The molecule has 0 amide bonds. The fourth-order valence-corrected chi connectivity index (χ4v) is 0.144. The van der Waals surface area contributed by atoms with Crippen molar-refractivity contribution in [2.24, 2.45) is 0 Å². The van der Waals surface area contributed by atoms with Gasteiger partial charge in [-0.25, -0.2) is 0 Å². The van der Waals surface area contributed by atoms with Crippen LogP contribution in [-0.4, -0.2) is 76.0 Å². The quantitative estimate of drug-likeness (QED) is 0.168. The van der Waals surface area contributed by atoms with Crippen molar-refractivity contribution in [2.75, 3.05) is 0 Å². The second kappa shape index (κ2) is 14800. The third kappa shape index (κ3) is 184000. The molecule has 0 aliphatic heterocycles. The van der Waals surface area contributed by atoms with Crippen molar-refractivity contribution in [1.29, 1.82) is 0 Å². The average molecular weight is 1870 g/mol. The first kappa shape index (κ1) is 966. The number of rotatable bonds is 0. The van der Waals surface area contributed by atoms with Crippen molar-refractivity contribution in [3.05, 3.63) is 0 Å². The average Bonchev–Trinajstić information content (AvgIpc) is 3.63. The van der Waals surface area contributed by atoms with Gasteiger partial charge in [-0.3, -0.25) is 0 Å². The van der Waals surface area contributed by atoms with Gasteiger partial charge in [0, 0.05) is 76.0 Å². The van der Waals surface area contributed by atoms with Gasteiger partial charge in [-0.1, -0.05) is 700 Å². The van der Waals surface area contributed by atoms with E-state index in [1.54, 1.807) is 13.8 Å². The minimum Gasteiger partial charge on any atom is -0.124 e. The van der Waals surface area contributed by atoms with Crippen LogP contribution in [0.5, 0.6) is 0 Å². The Morgan fingerprint density at radius 3 is 0.213 bits per heavy atom. The predicted octanol–water partition coefficient (Wildman–Crippen LogP) is 54.3. The van der Waals surface area contributed by atoms with Gasteiger partial charge in [0.2, 0.25) is 0 Å². The van der Waals surface area contributed by atoms with E-state index in [2.05, 4.69) is 133 Å². The highest BCUT2D eigenvalue weighted by molar-refractivity contribution is 7.49. The Kier molecular flexibility index (Phi) is 113000. The van der Waals surface area contributed by atoms with Gasteiger partial charge >= 0.3 is 0 Å². The molecule has 0 saturated heterocycles. The molecule has 0 unspecified atom stereocenters. The lowest BCUT2D eigenvalue weighted by atomic mass is 9.08. The molecule has 0 aliphatic carbocycles. The summed E-state index contributed by atoms with van der Waals surface area (Å²) in [5.41, 5.74) is 0. The minimum atomic E-state index is -0.667. The summed E-state index contributed by atoms with van der Waals surface area (Å²) in [6.07, 6.45) is 26.0. The fraction of sp³-hybridized carbons (Fsp3) is 0.863. The Balaban J connectivity index is -0.00000000228. The topological polar surface area (TPSA) is 0 Å². The van der Waals surface area contributed by atoms with Crippen LogP contribution in [0.1, 0.15) is 722 Å². The van der Waals surface area contributed by atoms with Crippen LogP contribution in [0, 0.1) is 97.7 Å². The van der Waals surface area contributed by atoms with Gasteiger partial charge in [0.05, 0.1) is 0 Å². The molecule has 0 fully saturated rings. The van der Waals surface area contributed by atoms with E-state index in [-0.39, 0.29) is 343 Å². The summed E-state index contributed by atoms with van der Waals surface area (Å²) < 4.78 is 0. The maximum Gasteiger partial charge on any atom is 0 e. The molecule has 0 aromatic carbocycles. The van der Waals surface area contributed by atoms with E-state index in [1.165, 1.54) is 0 Å². The molecule has 0 aliphatic rings. The second-order valence-corrected chi connectivity index (χ2v) is 2.62. The van der Waals surface area contributed by atoms with Crippen LogP contribution in [0.15, 0.2) is 0 Å². The van der Waals surface area contributed by atoms with E-state index in [0.717, 1.165) is 7.06 Å². The van der Waals surface area contributed by atoms with Gasteiger partial charge in [0.15, 0.2) is 0 Å². The lowest BCUT2D eigenvalue weighted by Crippen LogP contribution is -2.11. The molecule has 18 radical (unpaired) electrons. The zero-order chi connectivity index (χ0) is 77.4. The van der Waals surface area contributed by atoms with Gasteiger partial charge < -0.3 is 0 Å². The smallest absolute Gasteiger partial charge is 0 e.